The van der Waals surface area contributed by atoms with Crippen molar-refractivity contribution in [3.63, 3.8) is 0 Å². The molecule has 264 valence electrons. The van der Waals surface area contributed by atoms with Crippen molar-refractivity contribution in [2.45, 2.75) is 95.5 Å². The molecule has 0 spiro atoms. The number of nitrogens with two attached hydrogens (primary N) is 2. The third kappa shape index (κ3) is 10.3. The molecule has 0 aliphatic carbocycles. The van der Waals surface area contributed by atoms with Crippen LogP contribution in [0.1, 0.15) is 57.8 Å². The van der Waals surface area contributed by atoms with Crippen LogP contribution in [0.5, 0.6) is 0 Å². The van der Waals surface area contributed by atoms with Gasteiger partial charge in [-0.3, -0.25) is 19.2 Å². The molecule has 1 fully saturated rings. The first-order chi connectivity index (χ1) is 22.7. The van der Waals surface area contributed by atoms with Crippen molar-refractivity contribution >= 4 is 23.7 Å². The Labute approximate surface area is 280 Å². The van der Waals surface area contributed by atoms with Crippen molar-refractivity contribution in [1.82, 2.24) is 10.2 Å². The van der Waals surface area contributed by atoms with Gasteiger partial charge in [-0.1, -0.05) is 74.5 Å². The van der Waals surface area contributed by atoms with E-state index < -0.39 is 85.2 Å². The average Bonchev–Trinajstić information content (AvgIpc) is 3.06. The Morgan fingerprint density at radius 1 is 0.979 bits per heavy atom. The molecule has 1 aliphatic rings. The molecule has 48 heavy (non-hydrogen) atoms. The summed E-state index contributed by atoms with van der Waals surface area (Å²) in [6, 6.07) is 14.8. The lowest BCUT2D eigenvalue weighted by Gasteiger charge is -2.44. The van der Waals surface area contributed by atoms with Crippen LogP contribution in [0.15, 0.2) is 60.7 Å². The number of carbonyl (C=O) groups is 4. The first-order valence-corrected chi connectivity index (χ1v) is 15.9. The predicted molar refractivity (Wildman–Crippen MR) is 173 cm³/mol. The molecule has 2 aromatic carbocycles. The molecule has 8 N–H and O–H groups in total. The summed E-state index contributed by atoms with van der Waals surface area (Å²) in [6.07, 6.45) is -7.73. The van der Waals surface area contributed by atoms with E-state index in [0.717, 1.165) is 16.0 Å². The number of rotatable bonds is 16. The molecule has 3 rings (SSSR count). The summed E-state index contributed by atoms with van der Waals surface area (Å²) in [7, 11) is 0. The van der Waals surface area contributed by atoms with Gasteiger partial charge < -0.3 is 51.2 Å². The fourth-order valence-electron chi connectivity index (χ4n) is 5.55. The molecular formula is C34H48N4O10. The molecule has 0 radical (unpaired) electrons. The van der Waals surface area contributed by atoms with Crippen molar-refractivity contribution in [3.8, 4) is 0 Å². The molecule has 0 saturated carbocycles. The minimum Gasteiger partial charge on any atom is -0.453 e. The molecule has 3 amide bonds. The molecule has 2 aromatic rings. The number of nitrogens with zero attached hydrogens (tertiary/aromatic N) is 1. The summed E-state index contributed by atoms with van der Waals surface area (Å²) in [4.78, 5) is 52.8. The fourth-order valence-corrected chi connectivity index (χ4v) is 5.55. The largest absolute Gasteiger partial charge is 0.453 e. The number of benzene rings is 2. The molecule has 1 unspecified atom stereocenters. The molecule has 14 heteroatoms. The molecule has 1 aliphatic heterocycles. The van der Waals surface area contributed by atoms with Crippen molar-refractivity contribution < 1.29 is 48.7 Å². The third-order valence-corrected chi connectivity index (χ3v) is 8.15. The summed E-state index contributed by atoms with van der Waals surface area (Å²) in [5.41, 5.74) is 13.5. The van der Waals surface area contributed by atoms with Crippen molar-refractivity contribution in [2.24, 2.45) is 17.4 Å². The fraction of sp³-hybridized carbons (Fsp3) is 0.529. The number of carbonyl (C=O) groups excluding carboxylic acids is 4. The predicted octanol–water partition coefficient (Wildman–Crippen LogP) is 0.114. The van der Waals surface area contributed by atoms with Gasteiger partial charge in [-0.2, -0.15) is 0 Å². The van der Waals surface area contributed by atoms with Crippen LogP contribution in [0, 0.1) is 5.92 Å². The summed E-state index contributed by atoms with van der Waals surface area (Å²) < 4.78 is 17.2. The van der Waals surface area contributed by atoms with E-state index in [2.05, 4.69) is 5.32 Å². The minimum atomic E-state index is -1.63. The van der Waals surface area contributed by atoms with Crippen LogP contribution in [-0.4, -0.2) is 106 Å². The van der Waals surface area contributed by atoms with E-state index in [1.165, 1.54) is 6.92 Å². The zero-order chi connectivity index (χ0) is 35.5. The Hall–Kier alpha value is -3.92. The highest BCUT2D eigenvalue weighted by atomic mass is 16.6. The van der Waals surface area contributed by atoms with E-state index >= 15 is 0 Å². The third-order valence-electron chi connectivity index (χ3n) is 8.15. The van der Waals surface area contributed by atoms with Crippen molar-refractivity contribution in [1.29, 1.82) is 0 Å². The van der Waals surface area contributed by atoms with E-state index in [1.807, 2.05) is 60.7 Å². The number of ether oxygens (including phenoxy) is 3. The molecule has 0 bridgehead atoms. The maximum absolute atomic E-state index is 13.7. The molecule has 14 nitrogen and oxygen atoms in total. The van der Waals surface area contributed by atoms with Gasteiger partial charge in [0.15, 0.2) is 12.4 Å². The zero-order valence-electron chi connectivity index (χ0n) is 27.7. The van der Waals surface area contributed by atoms with Gasteiger partial charge in [-0.25, -0.2) is 0 Å². The summed E-state index contributed by atoms with van der Waals surface area (Å²) in [6.45, 7) is 5.30. The lowest BCUT2D eigenvalue weighted by atomic mass is 9.96. The summed E-state index contributed by atoms with van der Waals surface area (Å²) >= 11 is 0. The van der Waals surface area contributed by atoms with Crippen molar-refractivity contribution in [2.75, 3.05) is 13.2 Å². The van der Waals surface area contributed by atoms with Crippen molar-refractivity contribution in [3.05, 3.63) is 71.8 Å². The highest BCUT2D eigenvalue weighted by Gasteiger charge is 2.47. The topological polar surface area (TPSA) is 224 Å². The monoisotopic (exact) mass is 672 g/mol. The highest BCUT2D eigenvalue weighted by molar-refractivity contribution is 5.89. The van der Waals surface area contributed by atoms with Gasteiger partial charge >= 0.3 is 5.97 Å². The lowest BCUT2D eigenvalue weighted by molar-refractivity contribution is -0.268. The molecule has 0 aromatic heterocycles. The quantitative estimate of drug-likeness (QED) is 0.131. The normalized spacial score (nSPS) is 22.8. The first-order valence-electron chi connectivity index (χ1n) is 15.9. The number of hydrogen-bond acceptors (Lipinski definition) is 11. The van der Waals surface area contributed by atoms with Crippen LogP contribution in [0.2, 0.25) is 0 Å². The minimum absolute atomic E-state index is 0.187. The Morgan fingerprint density at radius 2 is 1.54 bits per heavy atom. The van der Waals surface area contributed by atoms with Gasteiger partial charge in [-0.05, 0) is 30.4 Å². The highest BCUT2D eigenvalue weighted by Crippen LogP contribution is 2.28. The van der Waals surface area contributed by atoms with Gasteiger partial charge in [0.05, 0.1) is 18.8 Å². The molecular weight excluding hydrogens is 624 g/mol. The van der Waals surface area contributed by atoms with Crippen LogP contribution < -0.4 is 16.8 Å². The van der Waals surface area contributed by atoms with E-state index in [4.69, 9.17) is 25.7 Å². The Morgan fingerprint density at radius 3 is 2.02 bits per heavy atom. The zero-order valence-corrected chi connectivity index (χ0v) is 27.7. The second kappa shape index (κ2) is 18.0. The first kappa shape index (κ1) is 38.5. The maximum atomic E-state index is 13.7. The second-order valence-electron chi connectivity index (χ2n) is 12.3. The summed E-state index contributed by atoms with van der Waals surface area (Å²) in [5, 5.41) is 33.5. The SMILES string of the molecule is CC(=O)N[C@@H]1[C@@H](OC(C)CN(C(=O)[C@@H](N)C(C)C)[C@H](CCC(=O)OC(c2ccccc2)c2ccccc2)C(N)=O)[C@H](O)[C@@H](CO)O[C@@H]1O. The number of hydrogen-bond donors (Lipinski definition) is 6. The Bertz CT molecular complexity index is 1310. The van der Waals surface area contributed by atoms with Crippen LogP contribution in [0.4, 0.5) is 0 Å². The molecule has 8 atom stereocenters. The smallest absolute Gasteiger partial charge is 0.306 e. The van der Waals surface area contributed by atoms with E-state index in [9.17, 15) is 34.5 Å². The number of aliphatic hydroxyl groups excluding tert-OH is 3. The maximum Gasteiger partial charge on any atom is 0.306 e. The van der Waals surface area contributed by atoms with E-state index in [0.29, 0.717) is 0 Å². The van der Waals surface area contributed by atoms with Gasteiger partial charge in [0.25, 0.3) is 0 Å². The average molecular weight is 673 g/mol. The Balaban J connectivity index is 1.83. The number of nitrogens with one attached hydrogen (secondary N) is 1. The summed E-state index contributed by atoms with van der Waals surface area (Å²) in [5.74, 6) is -3.01. The van der Waals surface area contributed by atoms with Gasteiger partial charge in [0.1, 0.15) is 30.4 Å². The van der Waals surface area contributed by atoms with E-state index in [-0.39, 0.29) is 25.3 Å². The number of primary amides is 1. The van der Waals surface area contributed by atoms with Crippen LogP contribution in [0.25, 0.3) is 0 Å². The lowest BCUT2D eigenvalue weighted by Crippen LogP contribution is -2.65. The molecule has 1 saturated heterocycles. The molecule has 1 heterocycles. The van der Waals surface area contributed by atoms with Gasteiger partial charge in [0.2, 0.25) is 17.7 Å². The Kier molecular flexibility index (Phi) is 14.5. The number of aliphatic hydroxyl groups is 3. The van der Waals surface area contributed by atoms with Crippen LogP contribution in [0.3, 0.4) is 0 Å². The number of esters is 1. The standard InChI is InChI=1S/C34H48N4O10/c1-19(2)27(35)33(44)38(17-20(3)46-31-28(37-21(4)40)34(45)47-25(18-39)29(31)42)24(32(36)43)15-16-26(41)48-30(22-11-7-5-8-12-22)23-13-9-6-10-14-23/h5-14,19-20,24-25,27-31,34,39,42,45H,15-18,35H2,1-4H3,(H2,36,43)(H,37,40)/t20?,24-,25-,27+,28-,29-,31-,34+/m1/s1. The van der Waals surface area contributed by atoms with Crippen LogP contribution in [-0.2, 0) is 33.4 Å². The van der Waals surface area contributed by atoms with Crippen LogP contribution >= 0.6 is 0 Å². The second-order valence-corrected chi connectivity index (χ2v) is 12.3. The van der Waals surface area contributed by atoms with Gasteiger partial charge in [-0.15, -0.1) is 0 Å². The van der Waals surface area contributed by atoms with E-state index in [1.54, 1.807) is 20.8 Å². The van der Waals surface area contributed by atoms with Gasteiger partial charge in [0, 0.05) is 19.9 Å². The number of amides is 3.